The maximum atomic E-state index is 12.9. The van der Waals surface area contributed by atoms with Crippen molar-refractivity contribution < 1.29 is 14.7 Å². The van der Waals surface area contributed by atoms with Gasteiger partial charge in [0.1, 0.15) is 6.04 Å². The second kappa shape index (κ2) is 9.77. The Morgan fingerprint density at radius 3 is 2.60 bits per heavy atom. The molecule has 8 heteroatoms. The number of nitrogens with zero attached hydrogens (tertiary/aromatic N) is 3. The van der Waals surface area contributed by atoms with Crippen LogP contribution in [0.4, 0.5) is 0 Å². The summed E-state index contributed by atoms with van der Waals surface area (Å²) in [5, 5.41) is 12.7. The number of carbonyl (C=O) groups is 2. The summed E-state index contributed by atoms with van der Waals surface area (Å²) < 4.78 is 0. The molecule has 30 heavy (non-hydrogen) atoms. The first-order valence-corrected chi connectivity index (χ1v) is 10.3. The van der Waals surface area contributed by atoms with Crippen molar-refractivity contribution in [3.8, 4) is 11.3 Å². The van der Waals surface area contributed by atoms with Crippen LogP contribution >= 0.6 is 0 Å². The lowest BCUT2D eigenvalue weighted by molar-refractivity contribution is -0.140. The summed E-state index contributed by atoms with van der Waals surface area (Å²) in [5.74, 6) is -0.467. The molecule has 1 fully saturated rings. The lowest BCUT2D eigenvalue weighted by Gasteiger charge is -2.29. The number of hydrogen-bond donors (Lipinski definition) is 3. The van der Waals surface area contributed by atoms with E-state index >= 15 is 0 Å². The molecule has 0 bridgehead atoms. The number of likely N-dealkylation sites (tertiary alicyclic amines) is 1. The van der Waals surface area contributed by atoms with E-state index in [2.05, 4.69) is 15.3 Å². The molecule has 0 aliphatic carbocycles. The standard InChI is InChI=1S/C22H29N5O3/c1-14(2)20(23)22(30)27-11-3-4-19(27)21(29)26-18(13-28)16-7-5-15(6-8-16)17-12-24-9-10-25-17/h5-10,12,14,18-20,28H,3-4,11,13,23H2,1-2H3,(H,26,29). The normalized spacial score (nSPS) is 18.3. The van der Waals surface area contributed by atoms with Gasteiger partial charge in [0.25, 0.3) is 0 Å². The highest BCUT2D eigenvalue weighted by Gasteiger charge is 2.37. The Labute approximate surface area is 176 Å². The van der Waals surface area contributed by atoms with E-state index in [0.717, 1.165) is 23.2 Å². The molecule has 3 unspecified atom stereocenters. The van der Waals surface area contributed by atoms with E-state index in [0.29, 0.717) is 13.0 Å². The van der Waals surface area contributed by atoms with Crippen molar-refractivity contribution in [3.05, 3.63) is 48.4 Å². The molecule has 1 aromatic heterocycles. The fourth-order valence-electron chi connectivity index (χ4n) is 3.62. The molecule has 2 heterocycles. The first-order chi connectivity index (χ1) is 14.4. The SMILES string of the molecule is CC(C)C(N)C(=O)N1CCCC1C(=O)NC(CO)c1ccc(-c2cnccn2)cc1. The van der Waals surface area contributed by atoms with E-state index in [1.807, 2.05) is 38.1 Å². The van der Waals surface area contributed by atoms with Crippen molar-refractivity contribution in [2.75, 3.05) is 13.2 Å². The highest BCUT2D eigenvalue weighted by Crippen LogP contribution is 2.23. The Morgan fingerprint density at radius 1 is 1.27 bits per heavy atom. The predicted octanol–water partition coefficient (Wildman–Crippen LogP) is 1.27. The molecule has 1 aliphatic rings. The summed E-state index contributed by atoms with van der Waals surface area (Å²) in [7, 11) is 0. The van der Waals surface area contributed by atoms with Gasteiger partial charge in [-0.15, -0.1) is 0 Å². The summed E-state index contributed by atoms with van der Waals surface area (Å²) in [6, 6.07) is 5.69. The van der Waals surface area contributed by atoms with Crippen molar-refractivity contribution in [1.82, 2.24) is 20.2 Å². The Bertz CT molecular complexity index is 857. The number of aromatic nitrogens is 2. The van der Waals surface area contributed by atoms with Gasteiger partial charge in [-0.1, -0.05) is 38.1 Å². The number of aliphatic hydroxyl groups excluding tert-OH is 1. The van der Waals surface area contributed by atoms with Crippen LogP contribution in [-0.4, -0.2) is 57.0 Å². The molecule has 1 aliphatic heterocycles. The molecule has 2 amide bonds. The van der Waals surface area contributed by atoms with Crippen LogP contribution in [0.15, 0.2) is 42.9 Å². The van der Waals surface area contributed by atoms with Gasteiger partial charge in [-0.2, -0.15) is 0 Å². The molecule has 4 N–H and O–H groups in total. The quantitative estimate of drug-likeness (QED) is 0.631. The van der Waals surface area contributed by atoms with E-state index < -0.39 is 18.1 Å². The van der Waals surface area contributed by atoms with Gasteiger partial charge in [-0.3, -0.25) is 19.6 Å². The lowest BCUT2D eigenvalue weighted by Crippen LogP contribution is -2.53. The molecule has 1 aromatic carbocycles. The van der Waals surface area contributed by atoms with E-state index in [4.69, 9.17) is 5.73 Å². The average Bonchev–Trinajstić information content (AvgIpc) is 3.27. The number of amides is 2. The molecule has 0 radical (unpaired) electrons. The fourth-order valence-corrected chi connectivity index (χ4v) is 3.62. The molecule has 160 valence electrons. The zero-order valence-corrected chi connectivity index (χ0v) is 17.4. The van der Waals surface area contributed by atoms with E-state index in [1.165, 1.54) is 0 Å². The summed E-state index contributed by atoms with van der Waals surface area (Å²) in [6.45, 7) is 4.05. The Balaban J connectivity index is 1.69. The monoisotopic (exact) mass is 411 g/mol. The second-order valence-electron chi connectivity index (χ2n) is 7.92. The minimum Gasteiger partial charge on any atom is -0.394 e. The third-order valence-corrected chi connectivity index (χ3v) is 5.51. The predicted molar refractivity (Wildman–Crippen MR) is 113 cm³/mol. The van der Waals surface area contributed by atoms with Crippen LogP contribution in [0.25, 0.3) is 11.3 Å². The fraction of sp³-hybridized carbons (Fsp3) is 0.455. The summed E-state index contributed by atoms with van der Waals surface area (Å²) in [5.41, 5.74) is 8.42. The van der Waals surface area contributed by atoms with Gasteiger partial charge in [0, 0.05) is 24.5 Å². The highest BCUT2D eigenvalue weighted by atomic mass is 16.3. The Hall–Kier alpha value is -2.84. The average molecular weight is 412 g/mol. The third kappa shape index (κ3) is 4.83. The molecule has 0 spiro atoms. The molecule has 0 saturated carbocycles. The number of aliphatic hydroxyl groups is 1. The van der Waals surface area contributed by atoms with Crippen molar-refractivity contribution >= 4 is 11.8 Å². The highest BCUT2D eigenvalue weighted by molar-refractivity contribution is 5.90. The summed E-state index contributed by atoms with van der Waals surface area (Å²) >= 11 is 0. The first-order valence-electron chi connectivity index (χ1n) is 10.3. The molecular weight excluding hydrogens is 382 g/mol. The Morgan fingerprint density at radius 2 is 2.00 bits per heavy atom. The van der Waals surface area contributed by atoms with Gasteiger partial charge in [0.15, 0.2) is 0 Å². The van der Waals surface area contributed by atoms with Crippen LogP contribution in [0, 0.1) is 5.92 Å². The number of benzene rings is 1. The van der Waals surface area contributed by atoms with Crippen LogP contribution in [0.2, 0.25) is 0 Å². The number of carbonyl (C=O) groups excluding carboxylic acids is 2. The Kier molecular flexibility index (Phi) is 7.12. The maximum Gasteiger partial charge on any atom is 0.243 e. The second-order valence-corrected chi connectivity index (χ2v) is 7.92. The van der Waals surface area contributed by atoms with Crippen molar-refractivity contribution in [3.63, 3.8) is 0 Å². The minimum atomic E-state index is -0.624. The van der Waals surface area contributed by atoms with Gasteiger partial charge in [0.2, 0.25) is 11.8 Å². The van der Waals surface area contributed by atoms with E-state index in [9.17, 15) is 14.7 Å². The smallest absolute Gasteiger partial charge is 0.243 e. The van der Waals surface area contributed by atoms with E-state index in [1.54, 1.807) is 23.5 Å². The number of nitrogens with two attached hydrogens (primary N) is 1. The van der Waals surface area contributed by atoms with Crippen LogP contribution in [0.5, 0.6) is 0 Å². The minimum absolute atomic E-state index is 0.000166. The first kappa shape index (κ1) is 21.9. The third-order valence-electron chi connectivity index (χ3n) is 5.51. The van der Waals surface area contributed by atoms with Crippen LogP contribution < -0.4 is 11.1 Å². The number of rotatable bonds is 7. The summed E-state index contributed by atoms with van der Waals surface area (Å²) in [4.78, 5) is 35.5. The van der Waals surface area contributed by atoms with Gasteiger partial charge < -0.3 is 21.1 Å². The van der Waals surface area contributed by atoms with Crippen LogP contribution in [0.1, 0.15) is 38.3 Å². The van der Waals surface area contributed by atoms with Crippen molar-refractivity contribution in [2.45, 2.75) is 44.8 Å². The van der Waals surface area contributed by atoms with Gasteiger partial charge in [-0.25, -0.2) is 0 Å². The maximum absolute atomic E-state index is 12.9. The molecule has 8 nitrogen and oxygen atoms in total. The van der Waals surface area contributed by atoms with Gasteiger partial charge in [-0.05, 0) is 24.3 Å². The summed E-state index contributed by atoms with van der Waals surface area (Å²) in [6.07, 6.45) is 6.26. The van der Waals surface area contributed by atoms with Crippen molar-refractivity contribution in [1.29, 1.82) is 0 Å². The van der Waals surface area contributed by atoms with E-state index in [-0.39, 0.29) is 24.3 Å². The largest absolute Gasteiger partial charge is 0.394 e. The molecule has 3 rings (SSSR count). The van der Waals surface area contributed by atoms with Crippen LogP contribution in [0.3, 0.4) is 0 Å². The molecule has 1 saturated heterocycles. The zero-order valence-electron chi connectivity index (χ0n) is 17.4. The van der Waals surface area contributed by atoms with Gasteiger partial charge in [0.05, 0.1) is 30.6 Å². The zero-order chi connectivity index (χ0) is 21.7. The van der Waals surface area contributed by atoms with Crippen LogP contribution in [-0.2, 0) is 9.59 Å². The molecule has 3 atom stereocenters. The lowest BCUT2D eigenvalue weighted by atomic mass is 10.0. The molecular formula is C22H29N5O3. The number of nitrogens with one attached hydrogen (secondary N) is 1. The number of hydrogen-bond acceptors (Lipinski definition) is 6. The molecule has 2 aromatic rings. The van der Waals surface area contributed by atoms with Crippen molar-refractivity contribution in [2.24, 2.45) is 11.7 Å². The van der Waals surface area contributed by atoms with Gasteiger partial charge >= 0.3 is 0 Å². The topological polar surface area (TPSA) is 121 Å².